The molecule has 106 valence electrons. The highest BCUT2D eigenvalue weighted by Crippen LogP contribution is 2.23. The largest absolute Gasteiger partial charge is 0.326 e. The topological polar surface area (TPSA) is 53.2 Å². The van der Waals surface area contributed by atoms with Crippen molar-refractivity contribution in [1.82, 2.24) is 9.88 Å². The van der Waals surface area contributed by atoms with Gasteiger partial charge in [-0.1, -0.05) is 25.2 Å². The van der Waals surface area contributed by atoms with Crippen molar-refractivity contribution < 1.29 is 4.79 Å². The number of nitrogens with zero attached hydrogens (tertiary/aromatic N) is 1. The van der Waals surface area contributed by atoms with Crippen molar-refractivity contribution in [3.05, 3.63) is 33.7 Å². The molecule has 0 bridgehead atoms. The van der Waals surface area contributed by atoms with Gasteiger partial charge in [0.05, 0.1) is 6.54 Å². The van der Waals surface area contributed by atoms with Gasteiger partial charge in [0.15, 0.2) is 0 Å². The molecule has 1 aromatic rings. The molecule has 0 aliphatic heterocycles. The summed E-state index contributed by atoms with van der Waals surface area (Å²) in [5.41, 5.74) is 0.581. The first kappa shape index (κ1) is 14.4. The fourth-order valence-electron chi connectivity index (χ4n) is 2.75. The number of hydrogen-bond acceptors (Lipinski definition) is 2. The zero-order valence-electron chi connectivity index (χ0n) is 11.8. The predicted molar refractivity (Wildman–Crippen MR) is 78.5 cm³/mol. The molecule has 0 unspecified atom stereocenters. The Balaban J connectivity index is 2.26. The lowest BCUT2D eigenvalue weighted by atomic mass is 9.93. The van der Waals surface area contributed by atoms with E-state index in [0.29, 0.717) is 0 Å². The Hall–Kier alpha value is -2.02. The van der Waals surface area contributed by atoms with Crippen LogP contribution in [0.5, 0.6) is 0 Å². The van der Waals surface area contributed by atoms with Crippen molar-refractivity contribution in [2.24, 2.45) is 0 Å². The molecule has 4 heteroatoms. The maximum atomic E-state index is 12.6. The molecule has 1 fully saturated rings. The van der Waals surface area contributed by atoms with E-state index in [-0.39, 0.29) is 29.6 Å². The molecule has 1 aromatic heterocycles. The number of nitrogens with one attached hydrogen (secondary N) is 1. The van der Waals surface area contributed by atoms with Gasteiger partial charge in [0, 0.05) is 11.7 Å². The molecule has 4 nitrogen and oxygen atoms in total. The van der Waals surface area contributed by atoms with E-state index in [1.54, 1.807) is 24.0 Å². The van der Waals surface area contributed by atoms with Crippen molar-refractivity contribution in [2.45, 2.75) is 45.1 Å². The van der Waals surface area contributed by atoms with Crippen molar-refractivity contribution in [3.8, 4) is 12.3 Å². The van der Waals surface area contributed by atoms with Crippen LogP contribution in [-0.2, 0) is 0 Å². The van der Waals surface area contributed by atoms with Gasteiger partial charge in [-0.2, -0.15) is 0 Å². The van der Waals surface area contributed by atoms with Crippen LogP contribution in [0, 0.1) is 19.3 Å². The highest BCUT2D eigenvalue weighted by molar-refractivity contribution is 5.94. The van der Waals surface area contributed by atoms with Crippen molar-refractivity contribution in [3.63, 3.8) is 0 Å². The summed E-state index contributed by atoms with van der Waals surface area (Å²) in [5, 5.41) is 0. The van der Waals surface area contributed by atoms with Gasteiger partial charge in [0.1, 0.15) is 5.56 Å². The van der Waals surface area contributed by atoms with Gasteiger partial charge in [0.25, 0.3) is 11.5 Å². The van der Waals surface area contributed by atoms with Gasteiger partial charge in [-0.25, -0.2) is 0 Å². The third-order valence-corrected chi connectivity index (χ3v) is 3.82. The molecule has 1 heterocycles. The van der Waals surface area contributed by atoms with Crippen LogP contribution >= 0.6 is 0 Å². The van der Waals surface area contributed by atoms with Gasteiger partial charge in [-0.05, 0) is 31.9 Å². The molecule has 1 aliphatic carbocycles. The van der Waals surface area contributed by atoms with Crippen LogP contribution in [0.3, 0.4) is 0 Å². The standard InChI is InChI=1S/C16H20N2O2/c1-3-11-18(13-7-5-4-6-8-13)16(20)14-10-9-12(2)17-15(14)19/h1,9-10,13H,4-8,11H2,2H3,(H,17,19). The average Bonchev–Trinajstić information content (AvgIpc) is 2.45. The molecule has 20 heavy (non-hydrogen) atoms. The Kier molecular flexibility index (Phi) is 4.62. The zero-order valence-corrected chi connectivity index (χ0v) is 11.8. The fraction of sp³-hybridized carbons (Fsp3) is 0.500. The second-order valence-corrected chi connectivity index (χ2v) is 5.31. The van der Waals surface area contributed by atoms with Crippen molar-refractivity contribution in [1.29, 1.82) is 0 Å². The molecule has 1 aliphatic rings. The minimum atomic E-state index is -0.340. The Bertz CT molecular complexity index is 577. The Morgan fingerprint density at radius 2 is 2.10 bits per heavy atom. The van der Waals surface area contributed by atoms with Crippen LogP contribution in [-0.4, -0.2) is 28.4 Å². The van der Waals surface area contributed by atoms with E-state index in [1.165, 1.54) is 6.42 Å². The predicted octanol–water partition coefficient (Wildman–Crippen LogP) is 2.09. The van der Waals surface area contributed by atoms with Crippen LogP contribution in [0.2, 0.25) is 0 Å². The molecule has 1 saturated carbocycles. The summed E-state index contributed by atoms with van der Waals surface area (Å²) in [5.74, 6) is 2.29. The highest BCUT2D eigenvalue weighted by atomic mass is 16.2. The van der Waals surface area contributed by atoms with Crippen LogP contribution in [0.25, 0.3) is 0 Å². The normalized spacial score (nSPS) is 15.6. The van der Waals surface area contributed by atoms with Crippen LogP contribution in [0.4, 0.5) is 0 Å². The van der Waals surface area contributed by atoms with Gasteiger partial charge < -0.3 is 9.88 Å². The molecule has 0 radical (unpaired) electrons. The Labute approximate surface area is 119 Å². The molecule has 0 aromatic carbocycles. The number of carbonyl (C=O) groups is 1. The number of aromatic nitrogens is 1. The summed E-state index contributed by atoms with van der Waals surface area (Å²) in [6.07, 6.45) is 10.8. The molecule has 0 spiro atoms. The van der Waals surface area contributed by atoms with E-state index in [9.17, 15) is 9.59 Å². The maximum Gasteiger partial charge on any atom is 0.260 e. The average molecular weight is 272 g/mol. The van der Waals surface area contributed by atoms with Crippen LogP contribution in [0.1, 0.15) is 48.2 Å². The number of pyridine rings is 1. The minimum absolute atomic E-state index is 0.160. The third-order valence-electron chi connectivity index (χ3n) is 3.82. The van der Waals surface area contributed by atoms with Crippen LogP contribution < -0.4 is 5.56 Å². The van der Waals surface area contributed by atoms with Gasteiger partial charge in [-0.15, -0.1) is 6.42 Å². The minimum Gasteiger partial charge on any atom is -0.326 e. The van der Waals surface area contributed by atoms with E-state index in [4.69, 9.17) is 6.42 Å². The van der Waals surface area contributed by atoms with Crippen molar-refractivity contribution >= 4 is 5.91 Å². The maximum absolute atomic E-state index is 12.6. The molecular formula is C16H20N2O2. The lowest BCUT2D eigenvalue weighted by Gasteiger charge is -2.33. The highest BCUT2D eigenvalue weighted by Gasteiger charge is 2.26. The second kappa shape index (κ2) is 6.42. The number of aryl methyl sites for hydroxylation is 1. The van der Waals surface area contributed by atoms with E-state index in [1.807, 2.05) is 0 Å². The number of rotatable bonds is 3. The Morgan fingerprint density at radius 1 is 1.40 bits per heavy atom. The Morgan fingerprint density at radius 3 is 2.70 bits per heavy atom. The second-order valence-electron chi connectivity index (χ2n) is 5.31. The summed E-state index contributed by atoms with van der Waals surface area (Å²) in [6, 6.07) is 3.49. The monoisotopic (exact) mass is 272 g/mol. The first-order chi connectivity index (χ1) is 9.63. The molecule has 0 saturated heterocycles. The quantitative estimate of drug-likeness (QED) is 0.857. The van der Waals surface area contributed by atoms with E-state index in [2.05, 4.69) is 10.9 Å². The lowest BCUT2D eigenvalue weighted by molar-refractivity contribution is 0.0665. The van der Waals surface area contributed by atoms with E-state index >= 15 is 0 Å². The van der Waals surface area contributed by atoms with Gasteiger partial charge >= 0.3 is 0 Å². The van der Waals surface area contributed by atoms with Gasteiger partial charge in [-0.3, -0.25) is 9.59 Å². The summed E-state index contributed by atoms with van der Waals surface area (Å²) in [4.78, 5) is 28.8. The number of aromatic amines is 1. The van der Waals surface area contributed by atoms with E-state index < -0.39 is 0 Å². The molecular weight excluding hydrogens is 252 g/mol. The molecule has 1 N–H and O–H groups in total. The summed E-state index contributed by atoms with van der Waals surface area (Å²) in [7, 11) is 0. The SMILES string of the molecule is C#CCN(C(=O)c1ccc(C)[nH]c1=O)C1CCCCC1. The first-order valence-electron chi connectivity index (χ1n) is 7.08. The van der Waals surface area contributed by atoms with Crippen LogP contribution in [0.15, 0.2) is 16.9 Å². The summed E-state index contributed by atoms with van der Waals surface area (Å²) in [6.45, 7) is 2.05. The number of H-pyrrole nitrogens is 1. The smallest absolute Gasteiger partial charge is 0.260 e. The first-order valence-corrected chi connectivity index (χ1v) is 7.08. The molecule has 2 rings (SSSR count). The van der Waals surface area contributed by atoms with Gasteiger partial charge in [0.2, 0.25) is 0 Å². The third kappa shape index (κ3) is 3.11. The lowest BCUT2D eigenvalue weighted by Crippen LogP contribution is -2.43. The molecule has 1 amide bonds. The summed E-state index contributed by atoms with van der Waals surface area (Å²) >= 11 is 0. The zero-order chi connectivity index (χ0) is 14.5. The number of terminal acetylenes is 1. The van der Waals surface area contributed by atoms with E-state index in [0.717, 1.165) is 31.4 Å². The number of carbonyl (C=O) groups excluding carboxylic acids is 1. The number of hydrogen-bond donors (Lipinski definition) is 1. The molecule has 0 atom stereocenters. The number of amides is 1. The fourth-order valence-corrected chi connectivity index (χ4v) is 2.75. The van der Waals surface area contributed by atoms with Crippen molar-refractivity contribution in [2.75, 3.05) is 6.54 Å². The summed E-state index contributed by atoms with van der Waals surface area (Å²) < 4.78 is 0.